The van der Waals surface area contributed by atoms with Crippen molar-refractivity contribution in [3.8, 4) is 0 Å². The molecule has 0 atom stereocenters. The lowest BCUT2D eigenvalue weighted by atomic mass is 9.75. The number of hydrogen-bond donors (Lipinski definition) is 0. The van der Waals surface area contributed by atoms with E-state index in [0.717, 1.165) is 0 Å². The maximum atomic E-state index is 8.52. The lowest BCUT2D eigenvalue weighted by Gasteiger charge is -2.32. The van der Waals surface area contributed by atoms with Crippen LogP contribution in [0.4, 0.5) is 0 Å². The molecule has 1 aromatic carbocycles. The van der Waals surface area contributed by atoms with E-state index < -0.39 is 23.7 Å². The Morgan fingerprint density at radius 3 is 2.05 bits per heavy atom. The lowest BCUT2D eigenvalue weighted by Crippen LogP contribution is -2.41. The molecule has 0 unspecified atom stereocenters. The van der Waals surface area contributed by atoms with E-state index in [1.54, 1.807) is 0 Å². The van der Waals surface area contributed by atoms with Crippen molar-refractivity contribution in [1.29, 1.82) is 0 Å². The van der Waals surface area contributed by atoms with Gasteiger partial charge in [0.05, 0.1) is 16.7 Å². The number of benzene rings is 1. The van der Waals surface area contributed by atoms with Crippen LogP contribution in [-0.4, -0.2) is 18.3 Å². The molecule has 2 rings (SSSR count). The van der Waals surface area contributed by atoms with Crippen LogP contribution in [0.1, 0.15) is 59.5 Å². The molecule has 0 aromatic heterocycles. The summed E-state index contributed by atoms with van der Waals surface area (Å²) in [4.78, 5) is 0. The third-order valence-corrected chi connectivity index (χ3v) is 3.88. The summed E-state index contributed by atoms with van der Waals surface area (Å²) in [6, 6.07) is -0.336. The van der Waals surface area contributed by atoms with Gasteiger partial charge >= 0.3 is 7.12 Å². The van der Waals surface area contributed by atoms with Gasteiger partial charge in [0.1, 0.15) is 0 Å². The quantitative estimate of drug-likeness (QED) is 0.725. The van der Waals surface area contributed by atoms with Gasteiger partial charge in [0.15, 0.2) is 0 Å². The van der Waals surface area contributed by atoms with E-state index in [2.05, 4.69) is 0 Å². The fourth-order valence-corrected chi connectivity index (χ4v) is 1.81. The van der Waals surface area contributed by atoms with Gasteiger partial charge in [0.2, 0.25) is 0 Å². The van der Waals surface area contributed by atoms with E-state index in [4.69, 9.17) is 14.8 Å². The van der Waals surface area contributed by atoms with E-state index in [-0.39, 0.29) is 29.6 Å². The first kappa shape index (κ1) is 10.0. The molecule has 0 saturated carbocycles. The smallest absolute Gasteiger partial charge is 0.399 e. The Kier molecular flexibility index (Phi) is 2.29. The second-order valence-corrected chi connectivity index (χ2v) is 7.13. The van der Waals surface area contributed by atoms with Gasteiger partial charge in [-0.3, -0.25) is 0 Å². The zero-order valence-corrected chi connectivity index (χ0v) is 12.9. The third-order valence-electron chi connectivity index (χ3n) is 3.88. The van der Waals surface area contributed by atoms with Crippen LogP contribution in [-0.2, 0) is 14.7 Å². The molecule has 1 saturated heterocycles. The Labute approximate surface area is 123 Å². The van der Waals surface area contributed by atoms with E-state index in [1.807, 2.05) is 48.5 Å². The maximum absolute atomic E-state index is 8.52. The van der Waals surface area contributed by atoms with Gasteiger partial charge in [-0.15, -0.1) is 0 Å². The Balaban J connectivity index is 2.68. The summed E-state index contributed by atoms with van der Waals surface area (Å²) in [5, 5.41) is 0. The van der Waals surface area contributed by atoms with E-state index in [1.165, 1.54) is 0 Å². The Morgan fingerprint density at radius 2 is 1.58 bits per heavy atom. The predicted molar refractivity (Wildman–Crippen MR) is 80.9 cm³/mol. The average molecular weight is 264 g/mol. The minimum Gasteiger partial charge on any atom is -0.399 e. The van der Waals surface area contributed by atoms with Crippen molar-refractivity contribution in [3.63, 3.8) is 0 Å². The topological polar surface area (TPSA) is 18.5 Å². The van der Waals surface area contributed by atoms with E-state index >= 15 is 0 Å². The highest BCUT2D eigenvalue weighted by Gasteiger charge is 2.51. The summed E-state index contributed by atoms with van der Waals surface area (Å²) in [6.07, 6.45) is 0. The molecule has 3 heteroatoms. The largest absolute Gasteiger partial charge is 0.494 e. The van der Waals surface area contributed by atoms with Crippen LogP contribution in [0.25, 0.3) is 0 Å². The van der Waals surface area contributed by atoms with Gasteiger partial charge in [-0.1, -0.05) is 44.9 Å². The van der Waals surface area contributed by atoms with Crippen molar-refractivity contribution < 1.29 is 14.8 Å². The summed E-state index contributed by atoms with van der Waals surface area (Å²) >= 11 is 0. The maximum Gasteiger partial charge on any atom is 0.494 e. The summed E-state index contributed by atoms with van der Waals surface area (Å²) in [6.45, 7) is 13.3. The third kappa shape index (κ3) is 2.73. The summed E-state index contributed by atoms with van der Waals surface area (Å²) in [5.74, 6) is 0. The van der Waals surface area contributed by atoms with Gasteiger partial charge in [-0.05, 0) is 44.1 Å². The molecule has 0 spiro atoms. The van der Waals surface area contributed by atoms with Crippen molar-refractivity contribution in [1.82, 2.24) is 0 Å². The van der Waals surface area contributed by atoms with Crippen LogP contribution in [0.15, 0.2) is 24.2 Å². The molecule has 0 amide bonds. The van der Waals surface area contributed by atoms with E-state index in [0.29, 0.717) is 5.56 Å². The van der Waals surface area contributed by atoms with Gasteiger partial charge in [-0.2, -0.15) is 0 Å². The zero-order valence-electron chi connectivity index (χ0n) is 16.9. The van der Waals surface area contributed by atoms with Gasteiger partial charge in [-0.25, -0.2) is 0 Å². The van der Waals surface area contributed by atoms with Crippen molar-refractivity contribution >= 4 is 12.6 Å². The Hall–Kier alpha value is -0.795. The first-order chi connectivity index (χ1) is 10.2. The standard InChI is InChI=1S/C16H25BO2/c1-14(2,3)12-9-8-10-13(11-12)17-18-15(4,5)16(6,7)19-17/h8-11H,1-7H3/i8D,9D,10D,11D. The Bertz CT molecular complexity index is 635. The minimum absolute atomic E-state index is 0.0623. The minimum atomic E-state index is -0.870. The highest BCUT2D eigenvalue weighted by molar-refractivity contribution is 6.62. The Morgan fingerprint density at radius 1 is 1.05 bits per heavy atom. The molecule has 104 valence electrons. The van der Waals surface area contributed by atoms with Crippen molar-refractivity contribution in [3.05, 3.63) is 29.7 Å². The molecule has 1 aromatic rings. The second-order valence-electron chi connectivity index (χ2n) is 7.13. The normalized spacial score (nSPS) is 24.7. The van der Waals surface area contributed by atoms with Crippen LogP contribution in [0.5, 0.6) is 0 Å². The van der Waals surface area contributed by atoms with Crippen LogP contribution < -0.4 is 5.46 Å². The van der Waals surface area contributed by atoms with Crippen molar-refractivity contribution in [2.45, 2.75) is 65.1 Å². The van der Waals surface area contributed by atoms with Crippen LogP contribution in [0.3, 0.4) is 0 Å². The fraction of sp³-hybridized carbons (Fsp3) is 0.625. The zero-order chi connectivity index (χ0) is 18.0. The second kappa shape index (κ2) is 4.36. The SMILES string of the molecule is [2H]c1c([2H])c(B2OC(C)(C)C(C)(C)O2)c([2H])c(C(C)(C)C)c1[2H]. The highest BCUT2D eigenvalue weighted by atomic mass is 16.7. The van der Waals surface area contributed by atoms with Crippen molar-refractivity contribution in [2.24, 2.45) is 0 Å². The van der Waals surface area contributed by atoms with Gasteiger partial charge < -0.3 is 9.31 Å². The van der Waals surface area contributed by atoms with Gasteiger partial charge in [0.25, 0.3) is 0 Å². The molecule has 1 aliphatic rings. The van der Waals surface area contributed by atoms with Gasteiger partial charge in [0, 0.05) is 0 Å². The molecule has 2 nitrogen and oxygen atoms in total. The molecular formula is C16H25BO2. The molecular weight excluding hydrogens is 235 g/mol. The lowest BCUT2D eigenvalue weighted by molar-refractivity contribution is 0.00578. The number of rotatable bonds is 1. The summed E-state index contributed by atoms with van der Waals surface area (Å²) in [7, 11) is -0.870. The molecule has 1 heterocycles. The average Bonchev–Trinajstić information content (AvgIpc) is 2.53. The molecule has 0 aliphatic carbocycles. The molecule has 19 heavy (non-hydrogen) atoms. The van der Waals surface area contributed by atoms with Crippen LogP contribution >= 0.6 is 0 Å². The first-order valence-electron chi connectivity index (χ1n) is 8.67. The molecule has 1 aliphatic heterocycles. The summed E-state index contributed by atoms with van der Waals surface area (Å²) < 4.78 is 44.9. The van der Waals surface area contributed by atoms with E-state index in [9.17, 15) is 0 Å². The monoisotopic (exact) mass is 264 g/mol. The first-order valence-corrected chi connectivity index (χ1v) is 6.67. The molecule has 1 fully saturated rings. The molecule has 0 radical (unpaired) electrons. The molecule has 0 N–H and O–H groups in total. The van der Waals surface area contributed by atoms with Crippen LogP contribution in [0, 0.1) is 0 Å². The highest BCUT2D eigenvalue weighted by Crippen LogP contribution is 2.36. The number of hydrogen-bond acceptors (Lipinski definition) is 2. The van der Waals surface area contributed by atoms with Crippen LogP contribution in [0.2, 0.25) is 0 Å². The summed E-state index contributed by atoms with van der Waals surface area (Å²) in [5.41, 5.74) is -0.950. The molecule has 0 bridgehead atoms. The fourth-order valence-electron chi connectivity index (χ4n) is 1.81. The predicted octanol–water partition coefficient (Wildman–Crippen LogP) is 3.28. The van der Waals surface area contributed by atoms with Crippen molar-refractivity contribution in [2.75, 3.05) is 0 Å².